The monoisotopic (exact) mass is 438 g/mol. The lowest BCUT2D eigenvalue weighted by Gasteiger charge is -2.51. The molecule has 9 heteroatoms. The summed E-state index contributed by atoms with van der Waals surface area (Å²) in [6.07, 6.45) is 1.29. The van der Waals surface area contributed by atoms with Gasteiger partial charge in [0, 0.05) is 29.2 Å². The van der Waals surface area contributed by atoms with Crippen molar-refractivity contribution in [1.82, 2.24) is 0 Å². The third kappa shape index (κ3) is 4.25. The molecular formula is C22H30O9. The third-order valence-corrected chi connectivity index (χ3v) is 6.47. The maximum atomic E-state index is 13.4. The minimum atomic E-state index is -1.54. The molecule has 31 heavy (non-hydrogen) atoms. The van der Waals surface area contributed by atoms with Gasteiger partial charge in [0.15, 0.2) is 11.6 Å². The number of Topliss-reactive ketones (excluding diaryl/α,β-unsaturated/α-hetero) is 1. The average Bonchev–Trinajstić information content (AvgIpc) is 2.76. The Morgan fingerprint density at radius 1 is 0.968 bits per heavy atom. The van der Waals surface area contributed by atoms with Crippen LogP contribution in [0.25, 0.3) is 0 Å². The van der Waals surface area contributed by atoms with Crippen LogP contribution < -0.4 is 0 Å². The quantitative estimate of drug-likeness (QED) is 0.368. The van der Waals surface area contributed by atoms with Crippen LogP contribution >= 0.6 is 0 Å². The summed E-state index contributed by atoms with van der Waals surface area (Å²) in [4.78, 5) is 51.4. The van der Waals surface area contributed by atoms with Crippen LogP contribution in [0.15, 0.2) is 11.1 Å². The van der Waals surface area contributed by atoms with Crippen LogP contribution in [0.4, 0.5) is 0 Å². The maximum absolute atomic E-state index is 13.4. The van der Waals surface area contributed by atoms with Crippen molar-refractivity contribution in [3.05, 3.63) is 11.1 Å². The number of ether oxygens (including phenoxy) is 5. The summed E-state index contributed by atoms with van der Waals surface area (Å²) in [6, 6.07) is 0. The van der Waals surface area contributed by atoms with Crippen molar-refractivity contribution in [3.8, 4) is 0 Å². The second kappa shape index (κ2) is 8.70. The smallest absolute Gasteiger partial charge is 0.335 e. The molecule has 1 saturated heterocycles. The topological polar surface area (TPSA) is 114 Å². The number of ketones is 1. The molecule has 0 radical (unpaired) electrons. The Morgan fingerprint density at radius 2 is 1.58 bits per heavy atom. The molecule has 3 aliphatic rings. The largest absolute Gasteiger partial charge is 0.468 e. The minimum Gasteiger partial charge on any atom is -0.468 e. The first-order valence-corrected chi connectivity index (χ1v) is 10.4. The van der Waals surface area contributed by atoms with E-state index in [0.717, 1.165) is 14.2 Å². The number of rotatable bonds is 3. The number of fused-ring (bicyclic) bond motifs is 3. The van der Waals surface area contributed by atoms with Gasteiger partial charge in [-0.15, -0.1) is 0 Å². The zero-order valence-corrected chi connectivity index (χ0v) is 18.6. The van der Waals surface area contributed by atoms with E-state index in [1.807, 2.05) is 13.8 Å². The predicted molar refractivity (Wildman–Crippen MR) is 105 cm³/mol. The van der Waals surface area contributed by atoms with Gasteiger partial charge in [-0.05, 0) is 19.3 Å². The van der Waals surface area contributed by atoms with E-state index in [0.29, 0.717) is 32.5 Å². The standard InChI is InChI=1S/C22H30O9/c1-21(2)10-30-22(31-11-21)7-6-12-8-13(22)9-14(18(24)27-3)15(19(25)28-4)16(17(12)23)20(26)29-5/h12-13,16H,6-11H2,1-5H3/b15-14-/t12-,13+,16?/m0/s1. The van der Waals surface area contributed by atoms with Gasteiger partial charge in [0.25, 0.3) is 0 Å². The second-order valence-electron chi connectivity index (χ2n) is 9.16. The van der Waals surface area contributed by atoms with Crippen LogP contribution in [-0.2, 0) is 42.9 Å². The minimum absolute atomic E-state index is 0.0504. The molecule has 9 nitrogen and oxygen atoms in total. The van der Waals surface area contributed by atoms with Crippen LogP contribution in [0, 0.1) is 23.2 Å². The molecule has 1 heterocycles. The molecular weight excluding hydrogens is 408 g/mol. The first-order chi connectivity index (χ1) is 14.6. The van der Waals surface area contributed by atoms with Crippen molar-refractivity contribution < 1.29 is 42.9 Å². The van der Waals surface area contributed by atoms with Crippen molar-refractivity contribution in [1.29, 1.82) is 0 Å². The molecule has 0 N–H and O–H groups in total. The summed E-state index contributed by atoms with van der Waals surface area (Å²) in [5, 5.41) is 0. The van der Waals surface area contributed by atoms with Crippen molar-refractivity contribution in [2.75, 3.05) is 34.5 Å². The molecule has 2 bridgehead atoms. The Balaban J connectivity index is 2.14. The van der Waals surface area contributed by atoms with Crippen molar-refractivity contribution in [2.45, 2.75) is 45.3 Å². The molecule has 172 valence electrons. The van der Waals surface area contributed by atoms with Crippen molar-refractivity contribution >= 4 is 23.7 Å². The van der Waals surface area contributed by atoms with Crippen LogP contribution in [0.2, 0.25) is 0 Å². The molecule has 2 fully saturated rings. The van der Waals surface area contributed by atoms with E-state index in [1.54, 1.807) is 0 Å². The molecule has 0 amide bonds. The number of carbonyl (C=O) groups excluding carboxylic acids is 4. The van der Waals surface area contributed by atoms with E-state index in [-0.39, 0.29) is 28.9 Å². The molecule has 1 aliphatic heterocycles. The Kier molecular flexibility index (Phi) is 6.57. The molecule has 3 rings (SSSR count). The zero-order valence-electron chi connectivity index (χ0n) is 18.6. The first-order valence-electron chi connectivity index (χ1n) is 10.4. The predicted octanol–water partition coefficient (Wildman–Crippen LogP) is 1.58. The number of hydrogen-bond acceptors (Lipinski definition) is 9. The van der Waals surface area contributed by atoms with E-state index in [9.17, 15) is 19.2 Å². The average molecular weight is 438 g/mol. The third-order valence-electron chi connectivity index (χ3n) is 6.47. The van der Waals surface area contributed by atoms with E-state index < -0.39 is 41.3 Å². The highest BCUT2D eigenvalue weighted by Crippen LogP contribution is 2.50. The summed E-state index contributed by atoms with van der Waals surface area (Å²) in [5.74, 6) is -6.51. The van der Waals surface area contributed by atoms with Gasteiger partial charge < -0.3 is 23.7 Å². The highest BCUT2D eigenvalue weighted by molar-refractivity contribution is 6.13. The molecule has 0 aromatic rings. The summed E-state index contributed by atoms with van der Waals surface area (Å²) < 4.78 is 27.0. The summed E-state index contributed by atoms with van der Waals surface area (Å²) in [5.41, 5.74) is -0.567. The number of esters is 3. The number of hydrogen-bond donors (Lipinski definition) is 0. The Morgan fingerprint density at radius 3 is 2.13 bits per heavy atom. The zero-order chi connectivity index (χ0) is 23.0. The van der Waals surface area contributed by atoms with Crippen molar-refractivity contribution in [2.24, 2.45) is 23.2 Å². The first kappa shape index (κ1) is 23.4. The fraction of sp³-hybridized carbons (Fsp3) is 0.727. The van der Waals surface area contributed by atoms with Gasteiger partial charge in [-0.1, -0.05) is 13.8 Å². The fourth-order valence-corrected chi connectivity index (χ4v) is 4.74. The SMILES string of the molecule is COC(=O)/C1=C(\C(=O)OC)C(C(=O)OC)C(=O)[C@H]2CCC3(OCC(C)(C)CO3)[C@@H](C1)C2. The second-order valence-corrected chi connectivity index (χ2v) is 9.16. The Hall–Kier alpha value is -2.26. The van der Waals surface area contributed by atoms with Gasteiger partial charge in [-0.3, -0.25) is 9.59 Å². The molecule has 0 aromatic carbocycles. The van der Waals surface area contributed by atoms with Gasteiger partial charge in [0.05, 0.1) is 40.1 Å². The molecule has 1 saturated carbocycles. The lowest BCUT2D eigenvalue weighted by Crippen LogP contribution is -2.56. The lowest BCUT2D eigenvalue weighted by molar-refractivity contribution is -0.334. The highest BCUT2D eigenvalue weighted by Gasteiger charge is 2.55. The van der Waals surface area contributed by atoms with E-state index in [2.05, 4.69) is 0 Å². The fourth-order valence-electron chi connectivity index (χ4n) is 4.74. The molecule has 3 atom stereocenters. The van der Waals surface area contributed by atoms with Gasteiger partial charge in [-0.2, -0.15) is 0 Å². The normalized spacial score (nSPS) is 31.9. The van der Waals surface area contributed by atoms with Gasteiger partial charge in [0.1, 0.15) is 5.92 Å². The maximum Gasteiger partial charge on any atom is 0.335 e. The van der Waals surface area contributed by atoms with E-state index in [1.165, 1.54) is 7.11 Å². The van der Waals surface area contributed by atoms with Crippen LogP contribution in [-0.4, -0.2) is 64.0 Å². The van der Waals surface area contributed by atoms with E-state index in [4.69, 9.17) is 23.7 Å². The van der Waals surface area contributed by atoms with Crippen molar-refractivity contribution in [3.63, 3.8) is 0 Å². The lowest BCUT2D eigenvalue weighted by atomic mass is 9.66. The van der Waals surface area contributed by atoms with Crippen LogP contribution in [0.1, 0.15) is 39.5 Å². The molecule has 0 aromatic heterocycles. The number of methoxy groups -OCH3 is 3. The van der Waals surface area contributed by atoms with E-state index >= 15 is 0 Å². The Bertz CT molecular complexity index is 800. The molecule has 2 aliphatic carbocycles. The van der Waals surface area contributed by atoms with Gasteiger partial charge >= 0.3 is 17.9 Å². The Labute approximate surface area is 181 Å². The summed E-state index contributed by atoms with van der Waals surface area (Å²) >= 11 is 0. The molecule has 1 spiro atoms. The van der Waals surface area contributed by atoms with Crippen LogP contribution in [0.3, 0.4) is 0 Å². The molecule has 1 unspecified atom stereocenters. The summed E-state index contributed by atoms with van der Waals surface area (Å²) in [7, 11) is 3.43. The highest BCUT2D eigenvalue weighted by atomic mass is 16.7. The van der Waals surface area contributed by atoms with Crippen LogP contribution in [0.5, 0.6) is 0 Å². The van der Waals surface area contributed by atoms with Gasteiger partial charge in [-0.25, -0.2) is 9.59 Å². The number of carbonyl (C=O) groups is 4. The summed E-state index contributed by atoms with van der Waals surface area (Å²) in [6.45, 7) is 4.99. The van der Waals surface area contributed by atoms with Gasteiger partial charge in [0.2, 0.25) is 0 Å².